The molecule has 1 aliphatic heterocycles. The van der Waals surface area contributed by atoms with E-state index in [4.69, 9.17) is 0 Å². The fourth-order valence-electron chi connectivity index (χ4n) is 3.66. The van der Waals surface area contributed by atoms with E-state index in [0.717, 1.165) is 29.0 Å². The van der Waals surface area contributed by atoms with Gasteiger partial charge in [0.15, 0.2) is 0 Å². The van der Waals surface area contributed by atoms with Crippen LogP contribution in [0.1, 0.15) is 35.1 Å². The summed E-state index contributed by atoms with van der Waals surface area (Å²) in [5, 5.41) is 16.9. The Morgan fingerprint density at radius 1 is 1.13 bits per heavy atom. The number of carbonyl (C=O) groups excluding carboxylic acids is 2. The second kappa shape index (κ2) is 11.1. The third-order valence-electron chi connectivity index (χ3n) is 5.20. The molecule has 2 N–H and O–H groups in total. The van der Waals surface area contributed by atoms with Crippen molar-refractivity contribution in [2.75, 3.05) is 4.90 Å². The predicted molar refractivity (Wildman–Crippen MR) is 115 cm³/mol. The molecule has 1 radical (unpaired) electrons. The Kier molecular flexibility index (Phi) is 8.49. The average molecular weight is 509 g/mol. The molecule has 2 heterocycles. The minimum absolute atomic E-state index is 0. The monoisotopic (exact) mass is 509 g/mol. The van der Waals surface area contributed by atoms with Crippen molar-refractivity contribution in [3.8, 4) is 0 Å². The average Bonchev–Trinajstić information content (AvgIpc) is 3.37. The first kappa shape index (κ1) is 23.7. The molecular formula is C23H22N3O3SY-. The summed E-state index contributed by atoms with van der Waals surface area (Å²) in [6.07, 6.45) is 3.57. The third kappa shape index (κ3) is 5.86. The zero-order valence-corrected chi connectivity index (χ0v) is 20.6. The van der Waals surface area contributed by atoms with Crippen LogP contribution in [0.25, 0.3) is 0 Å². The van der Waals surface area contributed by atoms with Gasteiger partial charge in [-0.25, -0.2) is 4.79 Å². The molecule has 2 atom stereocenters. The fourth-order valence-corrected chi connectivity index (χ4v) is 4.25. The fraction of sp³-hybridized carbons (Fsp3) is 0.261. The van der Waals surface area contributed by atoms with Crippen molar-refractivity contribution in [2.24, 2.45) is 0 Å². The summed E-state index contributed by atoms with van der Waals surface area (Å²) in [6, 6.07) is 16.0. The van der Waals surface area contributed by atoms with Crippen molar-refractivity contribution < 1.29 is 47.4 Å². The summed E-state index contributed by atoms with van der Waals surface area (Å²) in [6.45, 7) is 0. The first-order valence-corrected chi connectivity index (χ1v) is 10.7. The number of benzene rings is 2. The molecule has 2 aromatic carbocycles. The maximum absolute atomic E-state index is 12.4. The summed E-state index contributed by atoms with van der Waals surface area (Å²) >= 11 is 1.47. The SMILES string of the molecule is O=C1NC(=O)N(c2ccc(C(O)Cc3ccccc3)cc2)C1CCCc1nc[c-]s1.[Y]. The number of thiazole rings is 1. The maximum atomic E-state index is 12.4. The van der Waals surface area contributed by atoms with Crippen LogP contribution in [0.3, 0.4) is 0 Å². The van der Waals surface area contributed by atoms with Crippen molar-refractivity contribution in [2.45, 2.75) is 37.8 Å². The third-order valence-corrected chi connectivity index (χ3v) is 5.97. The number of nitrogens with one attached hydrogen (secondary N) is 1. The van der Waals surface area contributed by atoms with Crippen LogP contribution in [0.5, 0.6) is 0 Å². The summed E-state index contributed by atoms with van der Waals surface area (Å²) in [7, 11) is 0. The van der Waals surface area contributed by atoms with Crippen LogP contribution in [-0.2, 0) is 50.3 Å². The van der Waals surface area contributed by atoms with Gasteiger partial charge in [-0.1, -0.05) is 66.5 Å². The topological polar surface area (TPSA) is 82.5 Å². The van der Waals surface area contributed by atoms with Crippen molar-refractivity contribution in [3.05, 3.63) is 82.3 Å². The van der Waals surface area contributed by atoms with Crippen LogP contribution < -0.4 is 10.2 Å². The first-order chi connectivity index (χ1) is 14.6. The number of aliphatic hydroxyl groups is 1. The number of aryl methyl sites for hydroxylation is 1. The quantitative estimate of drug-likeness (QED) is 0.359. The molecule has 1 fully saturated rings. The van der Waals surface area contributed by atoms with Crippen molar-refractivity contribution in [1.29, 1.82) is 0 Å². The van der Waals surface area contributed by atoms with Gasteiger partial charge in [-0.2, -0.15) is 5.38 Å². The molecule has 0 bridgehead atoms. The molecule has 1 aliphatic rings. The molecule has 157 valence electrons. The Hall–Kier alpha value is -1.93. The standard InChI is InChI=1S/C23H22N3O3S.Y/c27-20(15-16-5-2-1-3-6-16)17-9-11-18(12-10-17)26-19(22(28)25-23(26)29)7-4-8-21-24-13-14-30-21;/h1-3,5-6,9-13,19-20,27H,4,7-8,15H2,(H,25,28,29);/q-1;. The molecule has 0 spiro atoms. The number of rotatable bonds is 8. The molecule has 31 heavy (non-hydrogen) atoms. The summed E-state index contributed by atoms with van der Waals surface area (Å²) < 4.78 is 0. The van der Waals surface area contributed by atoms with Gasteiger partial charge in [-0.05, 0) is 29.7 Å². The van der Waals surface area contributed by atoms with Crippen molar-refractivity contribution in [1.82, 2.24) is 10.3 Å². The van der Waals surface area contributed by atoms with E-state index < -0.39 is 18.2 Å². The Balaban J connectivity index is 0.00000272. The number of carbonyl (C=O) groups is 2. The predicted octanol–water partition coefficient (Wildman–Crippen LogP) is 3.66. The van der Waals surface area contributed by atoms with Crippen molar-refractivity contribution in [3.63, 3.8) is 0 Å². The number of hydrogen-bond donors (Lipinski definition) is 2. The van der Waals surface area contributed by atoms with Gasteiger partial charge in [0.2, 0.25) is 0 Å². The van der Waals surface area contributed by atoms with E-state index in [2.05, 4.69) is 15.7 Å². The Labute approximate surface area is 210 Å². The van der Waals surface area contributed by atoms with Gasteiger partial charge in [0.1, 0.15) is 6.04 Å². The summed E-state index contributed by atoms with van der Waals surface area (Å²) in [5.74, 6) is -0.279. The Morgan fingerprint density at radius 2 is 1.87 bits per heavy atom. The number of aliphatic hydroxyl groups excluding tert-OH is 1. The Morgan fingerprint density at radius 3 is 2.55 bits per heavy atom. The number of anilines is 1. The van der Waals surface area contributed by atoms with Crippen LogP contribution in [0.4, 0.5) is 10.5 Å². The number of nitrogens with zero attached hydrogens (tertiary/aromatic N) is 2. The molecule has 3 amide bonds. The molecule has 6 nitrogen and oxygen atoms in total. The van der Waals surface area contributed by atoms with Crippen molar-refractivity contribution >= 4 is 29.0 Å². The van der Waals surface area contributed by atoms with E-state index in [9.17, 15) is 14.7 Å². The number of amides is 3. The molecular weight excluding hydrogens is 487 g/mol. The van der Waals surface area contributed by atoms with E-state index in [0.29, 0.717) is 18.5 Å². The van der Waals surface area contributed by atoms with E-state index in [1.165, 1.54) is 16.2 Å². The van der Waals surface area contributed by atoms with E-state index in [1.807, 2.05) is 42.5 Å². The van der Waals surface area contributed by atoms with E-state index in [1.54, 1.807) is 18.3 Å². The van der Waals surface area contributed by atoms with Crippen LogP contribution in [0, 0.1) is 5.38 Å². The normalized spacial score (nSPS) is 16.7. The smallest absolute Gasteiger partial charge is 0.329 e. The van der Waals surface area contributed by atoms with E-state index >= 15 is 0 Å². The zero-order chi connectivity index (χ0) is 20.9. The molecule has 0 aliphatic carbocycles. The maximum Gasteiger partial charge on any atom is 0.329 e. The van der Waals surface area contributed by atoms with Gasteiger partial charge >= 0.3 is 6.03 Å². The molecule has 4 rings (SSSR count). The molecule has 8 heteroatoms. The molecule has 1 aromatic heterocycles. The van der Waals surface area contributed by atoms with Gasteiger partial charge in [0, 0.05) is 44.8 Å². The minimum atomic E-state index is -0.638. The second-order valence-corrected chi connectivity index (χ2v) is 8.15. The number of imide groups is 1. The van der Waals surface area contributed by atoms with E-state index in [-0.39, 0.29) is 38.6 Å². The van der Waals surface area contributed by atoms with Gasteiger partial charge in [0.05, 0.1) is 6.10 Å². The summed E-state index contributed by atoms with van der Waals surface area (Å²) in [5.41, 5.74) is 2.46. The minimum Gasteiger partial charge on any atom is -0.388 e. The van der Waals surface area contributed by atoms with Gasteiger partial charge < -0.3 is 21.4 Å². The number of hydrogen-bond acceptors (Lipinski definition) is 5. The zero-order valence-electron chi connectivity index (χ0n) is 16.9. The molecule has 2 unspecified atom stereocenters. The van der Waals surface area contributed by atoms with Gasteiger partial charge in [-0.15, -0.1) is 0 Å². The second-order valence-electron chi connectivity index (χ2n) is 7.24. The largest absolute Gasteiger partial charge is 0.388 e. The van der Waals surface area contributed by atoms with Crippen LogP contribution in [-0.4, -0.2) is 28.1 Å². The molecule has 1 saturated heterocycles. The Bertz CT molecular complexity index is 997. The van der Waals surface area contributed by atoms with Gasteiger partial charge in [0.25, 0.3) is 5.91 Å². The first-order valence-electron chi connectivity index (χ1n) is 9.88. The van der Waals surface area contributed by atoms with Gasteiger partial charge in [-0.3, -0.25) is 15.0 Å². The molecule has 3 aromatic rings. The summed E-state index contributed by atoms with van der Waals surface area (Å²) in [4.78, 5) is 30.4. The molecule has 0 saturated carbocycles. The van der Waals surface area contributed by atoms with Crippen LogP contribution in [0.2, 0.25) is 0 Å². The van der Waals surface area contributed by atoms with Crippen LogP contribution >= 0.6 is 11.3 Å². The number of aromatic nitrogens is 1. The number of urea groups is 1. The van der Waals surface area contributed by atoms with Crippen LogP contribution in [0.15, 0.2) is 60.8 Å².